The van der Waals surface area contributed by atoms with Crippen molar-refractivity contribution in [2.24, 2.45) is 0 Å². The Hall–Kier alpha value is -1.30. The molecule has 0 N–H and O–H groups in total. The van der Waals surface area contributed by atoms with Crippen molar-refractivity contribution in [2.45, 2.75) is 4.90 Å². The molecule has 0 bridgehead atoms. The molecular weight excluding hydrogens is 226 g/mol. The summed E-state index contributed by atoms with van der Waals surface area (Å²) in [6, 6.07) is 2.64. The molecule has 0 saturated heterocycles. The van der Waals surface area contributed by atoms with Gasteiger partial charge in [0.2, 0.25) is 0 Å². The van der Waals surface area contributed by atoms with E-state index in [-0.39, 0.29) is 4.90 Å². The van der Waals surface area contributed by atoms with Crippen LogP contribution in [0.5, 0.6) is 0 Å². The lowest BCUT2D eigenvalue weighted by Crippen LogP contribution is -2.13. The minimum absolute atomic E-state index is 0.207. The molecule has 6 heteroatoms. The highest BCUT2D eigenvalue weighted by Crippen LogP contribution is 2.13. The fourth-order valence-electron chi connectivity index (χ4n) is 0.904. The Morgan fingerprint density at radius 2 is 2.13 bits per heavy atom. The van der Waals surface area contributed by atoms with Crippen molar-refractivity contribution in [1.29, 1.82) is 0 Å². The third kappa shape index (κ3) is 3.09. The predicted molar refractivity (Wildman–Crippen MR) is 49.6 cm³/mol. The number of methoxy groups -OCH3 is 1. The summed E-state index contributed by atoms with van der Waals surface area (Å²) in [7, 11) is -0.710. The maximum Gasteiger partial charge on any atom is 0.318 e. The molecule has 1 unspecified atom stereocenters. The standard InChI is InChI=1S/C9H8F2O3S/c1-14-9(12)5-15(13)8-3-2-6(10)4-7(8)11/h2-4H,5H2,1H3. The second-order valence-electron chi connectivity index (χ2n) is 2.64. The molecular formula is C9H8F2O3S. The molecule has 0 fully saturated rings. The van der Waals surface area contributed by atoms with Gasteiger partial charge in [-0.15, -0.1) is 0 Å². The molecule has 0 aromatic heterocycles. The number of rotatable bonds is 3. The normalized spacial score (nSPS) is 12.2. The fraction of sp³-hybridized carbons (Fsp3) is 0.222. The number of hydrogen-bond acceptors (Lipinski definition) is 3. The Morgan fingerprint density at radius 1 is 1.47 bits per heavy atom. The SMILES string of the molecule is COC(=O)CS(=O)c1ccc(F)cc1F. The monoisotopic (exact) mass is 234 g/mol. The molecule has 82 valence electrons. The van der Waals surface area contributed by atoms with E-state index in [0.29, 0.717) is 6.07 Å². The molecule has 1 atom stereocenters. The minimum Gasteiger partial charge on any atom is -0.468 e. The molecule has 0 aliphatic rings. The van der Waals surface area contributed by atoms with Crippen molar-refractivity contribution in [2.75, 3.05) is 12.9 Å². The second kappa shape index (κ2) is 4.97. The highest BCUT2D eigenvalue weighted by Gasteiger charge is 2.14. The van der Waals surface area contributed by atoms with E-state index in [1.807, 2.05) is 0 Å². The van der Waals surface area contributed by atoms with E-state index < -0.39 is 34.2 Å². The first-order chi connectivity index (χ1) is 7.04. The Labute approximate surface area is 87.5 Å². The molecule has 15 heavy (non-hydrogen) atoms. The molecule has 1 aromatic carbocycles. The van der Waals surface area contributed by atoms with Crippen LogP contribution in [-0.2, 0) is 20.3 Å². The van der Waals surface area contributed by atoms with Crippen LogP contribution >= 0.6 is 0 Å². The van der Waals surface area contributed by atoms with E-state index in [2.05, 4.69) is 4.74 Å². The molecule has 0 heterocycles. The number of halogens is 2. The summed E-state index contributed by atoms with van der Waals surface area (Å²) < 4.78 is 41.3. The summed E-state index contributed by atoms with van der Waals surface area (Å²) in [4.78, 5) is 10.6. The Balaban J connectivity index is 2.87. The smallest absolute Gasteiger partial charge is 0.318 e. The second-order valence-corrected chi connectivity index (χ2v) is 4.06. The maximum atomic E-state index is 13.1. The zero-order valence-electron chi connectivity index (χ0n) is 7.83. The Kier molecular flexibility index (Phi) is 3.90. The van der Waals surface area contributed by atoms with Crippen molar-refractivity contribution in [3.05, 3.63) is 29.8 Å². The van der Waals surface area contributed by atoms with Crippen LogP contribution in [0.4, 0.5) is 8.78 Å². The van der Waals surface area contributed by atoms with E-state index in [4.69, 9.17) is 0 Å². The summed E-state index contributed by atoms with van der Waals surface area (Å²) in [5, 5.41) is 0. The highest BCUT2D eigenvalue weighted by molar-refractivity contribution is 7.85. The Bertz CT molecular complexity index is 406. The van der Waals surface area contributed by atoms with Crippen LogP contribution in [0.2, 0.25) is 0 Å². The van der Waals surface area contributed by atoms with Crippen molar-refractivity contribution < 1.29 is 22.5 Å². The molecule has 0 amide bonds. The summed E-state index contributed by atoms with van der Waals surface area (Å²) in [6.45, 7) is 0. The van der Waals surface area contributed by atoms with Gasteiger partial charge in [0.25, 0.3) is 0 Å². The van der Waals surface area contributed by atoms with Crippen molar-refractivity contribution in [3.8, 4) is 0 Å². The van der Waals surface area contributed by atoms with Crippen LogP contribution in [0.15, 0.2) is 23.1 Å². The minimum atomic E-state index is -1.85. The number of carbonyl (C=O) groups excluding carboxylic acids is 1. The maximum absolute atomic E-state index is 13.1. The number of carbonyl (C=O) groups is 1. The van der Waals surface area contributed by atoms with Gasteiger partial charge in [0.05, 0.1) is 22.8 Å². The zero-order valence-corrected chi connectivity index (χ0v) is 8.64. The zero-order chi connectivity index (χ0) is 11.4. The molecule has 3 nitrogen and oxygen atoms in total. The molecule has 0 radical (unpaired) electrons. The van der Waals surface area contributed by atoms with Gasteiger partial charge in [0.1, 0.15) is 17.4 Å². The fourth-order valence-corrected chi connectivity index (χ4v) is 1.89. The third-order valence-electron chi connectivity index (χ3n) is 1.62. The van der Waals surface area contributed by atoms with Gasteiger partial charge in [-0.2, -0.15) is 0 Å². The predicted octanol–water partition coefficient (Wildman–Crippen LogP) is 1.25. The number of benzene rings is 1. The lowest BCUT2D eigenvalue weighted by Gasteiger charge is -2.02. The van der Waals surface area contributed by atoms with Gasteiger partial charge >= 0.3 is 5.97 Å². The van der Waals surface area contributed by atoms with Gasteiger partial charge in [-0.3, -0.25) is 9.00 Å². The van der Waals surface area contributed by atoms with Crippen LogP contribution in [0.3, 0.4) is 0 Å². The first-order valence-electron chi connectivity index (χ1n) is 3.95. The summed E-state index contributed by atoms with van der Waals surface area (Å²) in [5.41, 5.74) is 0. The van der Waals surface area contributed by atoms with Gasteiger partial charge < -0.3 is 4.74 Å². The number of hydrogen-bond donors (Lipinski definition) is 0. The molecule has 1 rings (SSSR count). The average Bonchev–Trinajstić information content (AvgIpc) is 2.17. The first-order valence-corrected chi connectivity index (χ1v) is 5.26. The van der Waals surface area contributed by atoms with Crippen LogP contribution in [0.25, 0.3) is 0 Å². The van der Waals surface area contributed by atoms with E-state index in [1.54, 1.807) is 0 Å². The molecule has 0 spiro atoms. The topological polar surface area (TPSA) is 43.4 Å². The quantitative estimate of drug-likeness (QED) is 0.739. The lowest BCUT2D eigenvalue weighted by atomic mass is 10.3. The molecule has 0 aliphatic heterocycles. The van der Waals surface area contributed by atoms with Gasteiger partial charge in [-0.1, -0.05) is 0 Å². The van der Waals surface area contributed by atoms with Crippen molar-refractivity contribution in [1.82, 2.24) is 0 Å². The Morgan fingerprint density at radius 3 is 2.67 bits per heavy atom. The van der Waals surface area contributed by atoms with Crippen molar-refractivity contribution >= 4 is 16.8 Å². The van der Waals surface area contributed by atoms with Gasteiger partial charge in [-0.25, -0.2) is 8.78 Å². The van der Waals surface area contributed by atoms with E-state index in [0.717, 1.165) is 19.2 Å². The van der Waals surface area contributed by atoms with Crippen molar-refractivity contribution in [3.63, 3.8) is 0 Å². The number of ether oxygens (including phenoxy) is 1. The van der Waals surface area contributed by atoms with Gasteiger partial charge in [-0.05, 0) is 12.1 Å². The average molecular weight is 234 g/mol. The lowest BCUT2D eigenvalue weighted by molar-refractivity contribution is -0.137. The van der Waals surface area contributed by atoms with Gasteiger partial charge in [0.15, 0.2) is 0 Å². The third-order valence-corrected chi connectivity index (χ3v) is 2.94. The molecule has 0 aliphatic carbocycles. The van der Waals surface area contributed by atoms with E-state index >= 15 is 0 Å². The summed E-state index contributed by atoms with van der Waals surface area (Å²) in [6.07, 6.45) is 0. The van der Waals surface area contributed by atoms with Crippen LogP contribution < -0.4 is 0 Å². The molecule has 0 saturated carbocycles. The largest absolute Gasteiger partial charge is 0.468 e. The highest BCUT2D eigenvalue weighted by atomic mass is 32.2. The first kappa shape index (κ1) is 11.8. The van der Waals surface area contributed by atoms with Crippen LogP contribution in [-0.4, -0.2) is 23.0 Å². The van der Waals surface area contributed by atoms with Crippen LogP contribution in [0.1, 0.15) is 0 Å². The van der Waals surface area contributed by atoms with Gasteiger partial charge in [0, 0.05) is 6.07 Å². The van der Waals surface area contributed by atoms with E-state index in [1.165, 1.54) is 0 Å². The summed E-state index contributed by atoms with van der Waals surface area (Å²) in [5.74, 6) is -2.85. The van der Waals surface area contributed by atoms with E-state index in [9.17, 15) is 17.8 Å². The van der Waals surface area contributed by atoms with Crippen LogP contribution in [0, 0.1) is 11.6 Å². The molecule has 1 aromatic rings. The number of esters is 1. The summed E-state index contributed by atoms with van der Waals surface area (Å²) >= 11 is 0.